The van der Waals surface area contributed by atoms with E-state index in [-0.39, 0.29) is 11.4 Å². The summed E-state index contributed by atoms with van der Waals surface area (Å²) in [6, 6.07) is 0. The first-order valence-electron chi connectivity index (χ1n) is 4.40. The number of Topliss-reactive ketones (excluding diaryl/α,β-unsaturated/α-hetero) is 1. The second kappa shape index (κ2) is 3.20. The molecule has 14 heavy (non-hydrogen) atoms. The van der Waals surface area contributed by atoms with E-state index in [9.17, 15) is 14.7 Å². The zero-order valence-corrected chi connectivity index (χ0v) is 8.75. The number of carbonyl (C=O) groups excluding carboxylic acids is 2. The van der Waals surface area contributed by atoms with Crippen molar-refractivity contribution in [2.24, 2.45) is 5.92 Å². The summed E-state index contributed by atoms with van der Waals surface area (Å²) in [7, 11) is 1.22. The smallest absolute Gasteiger partial charge is 0.341 e. The third-order valence-corrected chi connectivity index (χ3v) is 3.01. The molecule has 0 bridgehead atoms. The fourth-order valence-corrected chi connectivity index (χ4v) is 1.59. The molecule has 0 saturated heterocycles. The number of carbonyl (C=O) groups is 2. The fourth-order valence-electron chi connectivity index (χ4n) is 1.59. The summed E-state index contributed by atoms with van der Waals surface area (Å²) >= 11 is 0. The predicted molar refractivity (Wildman–Crippen MR) is 49.5 cm³/mol. The van der Waals surface area contributed by atoms with Gasteiger partial charge < -0.3 is 9.84 Å². The van der Waals surface area contributed by atoms with E-state index in [0.29, 0.717) is 5.57 Å². The maximum atomic E-state index is 11.6. The van der Waals surface area contributed by atoms with Gasteiger partial charge in [0.05, 0.1) is 18.6 Å². The van der Waals surface area contributed by atoms with Gasteiger partial charge in [0.25, 0.3) is 0 Å². The van der Waals surface area contributed by atoms with Crippen molar-refractivity contribution in [2.75, 3.05) is 7.11 Å². The molecule has 0 aromatic carbocycles. The third-order valence-electron chi connectivity index (χ3n) is 3.01. The Morgan fingerprint density at radius 1 is 1.57 bits per heavy atom. The summed E-state index contributed by atoms with van der Waals surface area (Å²) in [6.07, 6.45) is 0. The van der Waals surface area contributed by atoms with Gasteiger partial charge in [-0.25, -0.2) is 4.79 Å². The van der Waals surface area contributed by atoms with E-state index >= 15 is 0 Å². The number of rotatable bonds is 1. The molecule has 4 nitrogen and oxygen atoms in total. The lowest BCUT2D eigenvalue weighted by Gasteiger charge is -2.22. The highest BCUT2D eigenvalue weighted by atomic mass is 16.5. The number of methoxy groups -OCH3 is 1. The molecule has 0 spiro atoms. The molecule has 0 heterocycles. The minimum atomic E-state index is -1.24. The Balaban J connectivity index is 3.23. The summed E-state index contributed by atoms with van der Waals surface area (Å²) in [4.78, 5) is 22.9. The monoisotopic (exact) mass is 198 g/mol. The van der Waals surface area contributed by atoms with Crippen LogP contribution in [-0.4, -0.2) is 29.6 Å². The van der Waals surface area contributed by atoms with Gasteiger partial charge in [-0.15, -0.1) is 0 Å². The van der Waals surface area contributed by atoms with Crippen LogP contribution in [0.15, 0.2) is 11.1 Å². The summed E-state index contributed by atoms with van der Waals surface area (Å²) in [5, 5.41) is 9.93. The molecule has 1 N–H and O–H groups in total. The fraction of sp³-hybridized carbons (Fsp3) is 0.600. The van der Waals surface area contributed by atoms with Crippen LogP contribution in [-0.2, 0) is 14.3 Å². The molecular weight excluding hydrogens is 184 g/mol. The van der Waals surface area contributed by atoms with Crippen LogP contribution >= 0.6 is 0 Å². The molecule has 0 fully saturated rings. The van der Waals surface area contributed by atoms with Gasteiger partial charge in [0, 0.05) is 0 Å². The largest absolute Gasteiger partial charge is 0.465 e. The van der Waals surface area contributed by atoms with Crippen molar-refractivity contribution < 1.29 is 19.4 Å². The molecule has 1 rings (SSSR count). The molecule has 1 aliphatic carbocycles. The molecule has 0 aliphatic heterocycles. The van der Waals surface area contributed by atoms with E-state index < -0.39 is 17.5 Å². The highest BCUT2D eigenvalue weighted by molar-refractivity contribution is 6.21. The van der Waals surface area contributed by atoms with Crippen molar-refractivity contribution >= 4 is 11.8 Å². The number of hydrogen-bond donors (Lipinski definition) is 1. The normalized spacial score (nSPS) is 32.4. The molecule has 0 saturated carbocycles. The van der Waals surface area contributed by atoms with Crippen LogP contribution in [0.4, 0.5) is 0 Å². The van der Waals surface area contributed by atoms with E-state index in [2.05, 4.69) is 4.74 Å². The van der Waals surface area contributed by atoms with Gasteiger partial charge >= 0.3 is 5.97 Å². The quantitative estimate of drug-likeness (QED) is 0.490. The standard InChI is InChI=1S/C10H14O4/c1-5-7(9(12)14-4)8(11)6(2)10(5,3)13/h6,13H,1-4H3/t6-,10-/m1/s1. The highest BCUT2D eigenvalue weighted by Gasteiger charge is 2.47. The molecule has 0 unspecified atom stereocenters. The molecular formula is C10H14O4. The van der Waals surface area contributed by atoms with Gasteiger partial charge in [-0.1, -0.05) is 6.92 Å². The minimum absolute atomic E-state index is 0.00926. The number of hydrogen-bond acceptors (Lipinski definition) is 4. The van der Waals surface area contributed by atoms with Crippen LogP contribution in [0.2, 0.25) is 0 Å². The molecule has 0 aromatic rings. The van der Waals surface area contributed by atoms with Gasteiger partial charge in [0.15, 0.2) is 5.78 Å². The topological polar surface area (TPSA) is 63.6 Å². The first-order valence-corrected chi connectivity index (χ1v) is 4.40. The van der Waals surface area contributed by atoms with Gasteiger partial charge in [0.2, 0.25) is 0 Å². The Labute approximate surface area is 82.6 Å². The van der Waals surface area contributed by atoms with E-state index in [1.54, 1.807) is 13.8 Å². The van der Waals surface area contributed by atoms with Crippen LogP contribution in [0.3, 0.4) is 0 Å². The highest BCUT2D eigenvalue weighted by Crippen LogP contribution is 2.37. The lowest BCUT2D eigenvalue weighted by molar-refractivity contribution is -0.138. The van der Waals surface area contributed by atoms with Crippen molar-refractivity contribution in [3.8, 4) is 0 Å². The lowest BCUT2D eigenvalue weighted by atomic mass is 9.90. The second-order valence-electron chi connectivity index (χ2n) is 3.73. The third kappa shape index (κ3) is 1.26. The number of esters is 1. The molecule has 4 heteroatoms. The van der Waals surface area contributed by atoms with Crippen LogP contribution < -0.4 is 0 Å². The summed E-state index contributed by atoms with van der Waals surface area (Å²) in [5.41, 5.74) is -0.854. The van der Waals surface area contributed by atoms with E-state index in [1.165, 1.54) is 14.0 Å². The van der Waals surface area contributed by atoms with E-state index in [4.69, 9.17) is 0 Å². The molecule has 1 aliphatic rings. The first-order chi connectivity index (χ1) is 6.34. The SMILES string of the molecule is COC(=O)C1=C(C)[C@@](C)(O)[C@H](C)C1=O. The van der Waals surface area contributed by atoms with Crippen molar-refractivity contribution in [3.05, 3.63) is 11.1 Å². The zero-order valence-electron chi connectivity index (χ0n) is 8.75. The average molecular weight is 198 g/mol. The second-order valence-corrected chi connectivity index (χ2v) is 3.73. The summed E-state index contributed by atoms with van der Waals surface area (Å²) in [6.45, 7) is 4.70. The van der Waals surface area contributed by atoms with Gasteiger partial charge in [0.1, 0.15) is 5.57 Å². The average Bonchev–Trinajstić information content (AvgIpc) is 2.28. The summed E-state index contributed by atoms with van der Waals surface area (Å²) in [5.74, 6) is -1.60. The molecule has 0 amide bonds. The van der Waals surface area contributed by atoms with Crippen molar-refractivity contribution in [3.63, 3.8) is 0 Å². The van der Waals surface area contributed by atoms with Gasteiger partial charge in [-0.3, -0.25) is 4.79 Å². The Bertz CT molecular complexity index is 325. The van der Waals surface area contributed by atoms with Crippen molar-refractivity contribution in [2.45, 2.75) is 26.4 Å². The maximum absolute atomic E-state index is 11.6. The Morgan fingerprint density at radius 2 is 2.07 bits per heavy atom. The zero-order chi connectivity index (χ0) is 11.1. The van der Waals surface area contributed by atoms with Gasteiger partial charge in [-0.2, -0.15) is 0 Å². The summed E-state index contributed by atoms with van der Waals surface area (Å²) < 4.78 is 4.49. The van der Waals surface area contributed by atoms with Crippen molar-refractivity contribution in [1.82, 2.24) is 0 Å². The Hall–Kier alpha value is -1.16. The lowest BCUT2D eigenvalue weighted by Crippen LogP contribution is -2.32. The Morgan fingerprint density at radius 3 is 2.36 bits per heavy atom. The van der Waals surface area contributed by atoms with Crippen molar-refractivity contribution in [1.29, 1.82) is 0 Å². The first kappa shape index (κ1) is 10.9. The van der Waals surface area contributed by atoms with Crippen LogP contribution in [0.25, 0.3) is 0 Å². The van der Waals surface area contributed by atoms with Gasteiger partial charge in [-0.05, 0) is 19.4 Å². The molecule has 0 radical (unpaired) electrons. The maximum Gasteiger partial charge on any atom is 0.341 e. The minimum Gasteiger partial charge on any atom is -0.465 e. The molecule has 0 aromatic heterocycles. The number of aliphatic hydroxyl groups is 1. The van der Waals surface area contributed by atoms with E-state index in [1.807, 2.05) is 0 Å². The van der Waals surface area contributed by atoms with Crippen LogP contribution in [0, 0.1) is 5.92 Å². The van der Waals surface area contributed by atoms with Crippen LogP contribution in [0.5, 0.6) is 0 Å². The predicted octanol–water partition coefficient (Wildman–Crippen LogP) is 0.446. The van der Waals surface area contributed by atoms with E-state index in [0.717, 1.165) is 0 Å². The number of ketones is 1. The van der Waals surface area contributed by atoms with Crippen LogP contribution in [0.1, 0.15) is 20.8 Å². The molecule has 2 atom stereocenters. The molecule has 78 valence electrons. The Kier molecular flexibility index (Phi) is 2.50. The number of ether oxygens (including phenoxy) is 1.